The Bertz CT molecular complexity index is 826. The Morgan fingerprint density at radius 3 is 2.92 bits per heavy atom. The molecule has 0 saturated heterocycles. The number of fused-ring (bicyclic) bond motifs is 1. The zero-order valence-electron chi connectivity index (χ0n) is 13.4. The molecule has 1 amide bonds. The van der Waals surface area contributed by atoms with E-state index in [9.17, 15) is 9.59 Å². The van der Waals surface area contributed by atoms with Gasteiger partial charge in [-0.3, -0.25) is 4.79 Å². The van der Waals surface area contributed by atoms with Crippen LogP contribution < -0.4 is 20.5 Å². The quantitative estimate of drug-likeness (QED) is 0.768. The van der Waals surface area contributed by atoms with Crippen LogP contribution in [0.2, 0.25) is 0 Å². The second kappa shape index (κ2) is 6.36. The highest BCUT2D eigenvalue weighted by atomic mass is 16.7. The molecule has 0 saturated carbocycles. The molecular formula is C15H18N4O5. The van der Waals surface area contributed by atoms with Crippen molar-refractivity contribution in [1.29, 1.82) is 0 Å². The summed E-state index contributed by atoms with van der Waals surface area (Å²) in [5.74, 6) is 1.23. The van der Waals surface area contributed by atoms with Gasteiger partial charge < -0.3 is 19.9 Å². The van der Waals surface area contributed by atoms with Crippen molar-refractivity contribution < 1.29 is 19.4 Å². The van der Waals surface area contributed by atoms with Gasteiger partial charge in [-0.05, 0) is 26.0 Å². The predicted octanol–water partition coefficient (Wildman–Crippen LogP) is -0.432. The summed E-state index contributed by atoms with van der Waals surface area (Å²) in [5.41, 5.74) is 0.148. The van der Waals surface area contributed by atoms with Crippen molar-refractivity contribution in [3.63, 3.8) is 0 Å². The molecule has 2 N–H and O–H groups in total. The lowest BCUT2D eigenvalue weighted by Crippen LogP contribution is -2.39. The first-order valence-corrected chi connectivity index (χ1v) is 7.46. The molecule has 0 bridgehead atoms. The van der Waals surface area contributed by atoms with Crippen LogP contribution in [0.4, 0.5) is 0 Å². The summed E-state index contributed by atoms with van der Waals surface area (Å²) < 4.78 is 13.0. The average Bonchev–Trinajstić information content (AvgIpc) is 3.11. The second-order valence-corrected chi connectivity index (χ2v) is 5.51. The first-order valence-electron chi connectivity index (χ1n) is 7.46. The van der Waals surface area contributed by atoms with Crippen molar-refractivity contribution in [1.82, 2.24) is 19.7 Å². The molecule has 0 radical (unpaired) electrons. The summed E-state index contributed by atoms with van der Waals surface area (Å²) in [6, 6.07) is 4.75. The molecule has 1 aromatic carbocycles. The summed E-state index contributed by atoms with van der Waals surface area (Å²) >= 11 is 0. The van der Waals surface area contributed by atoms with Gasteiger partial charge in [0.25, 0.3) is 0 Å². The summed E-state index contributed by atoms with van der Waals surface area (Å²) in [7, 11) is 0. The molecule has 1 aliphatic heterocycles. The summed E-state index contributed by atoms with van der Waals surface area (Å²) in [5, 5.41) is 15.7. The molecule has 1 atom stereocenters. The Kier molecular flexibility index (Phi) is 4.26. The van der Waals surface area contributed by atoms with Crippen molar-refractivity contribution in [3.05, 3.63) is 34.5 Å². The van der Waals surface area contributed by atoms with Crippen LogP contribution in [0, 0.1) is 6.92 Å². The normalized spacial score (nSPS) is 13.8. The number of aromatic nitrogens is 3. The van der Waals surface area contributed by atoms with Crippen LogP contribution in [0.25, 0.3) is 5.69 Å². The van der Waals surface area contributed by atoms with Gasteiger partial charge in [-0.15, -0.1) is 0 Å². The van der Waals surface area contributed by atoms with Gasteiger partial charge in [0.2, 0.25) is 12.7 Å². The van der Waals surface area contributed by atoms with E-state index in [1.807, 2.05) is 0 Å². The number of aryl methyl sites for hydroxylation is 1. The van der Waals surface area contributed by atoms with Crippen LogP contribution in [-0.4, -0.2) is 44.8 Å². The second-order valence-electron chi connectivity index (χ2n) is 5.51. The number of carbonyl (C=O) groups is 1. The molecular weight excluding hydrogens is 316 g/mol. The average molecular weight is 334 g/mol. The third-order valence-electron chi connectivity index (χ3n) is 3.59. The standard InChI is InChI=1S/C15H18N4O5/c1-9(7-20)16-14(21)6-18-15(22)19(10(2)17-18)11-3-4-12-13(5-11)24-8-23-12/h3-5,9,20H,6-8H2,1-2H3,(H,16,21)/t9-/m0/s1. The third-order valence-corrected chi connectivity index (χ3v) is 3.59. The van der Waals surface area contributed by atoms with E-state index in [2.05, 4.69) is 10.4 Å². The molecule has 2 heterocycles. The monoisotopic (exact) mass is 334 g/mol. The minimum atomic E-state index is -0.432. The molecule has 0 fully saturated rings. The lowest BCUT2D eigenvalue weighted by molar-refractivity contribution is -0.122. The Hall–Kier alpha value is -2.81. The maximum absolute atomic E-state index is 12.5. The molecule has 1 aliphatic rings. The zero-order valence-corrected chi connectivity index (χ0v) is 13.4. The first-order chi connectivity index (χ1) is 11.5. The number of hydrogen-bond acceptors (Lipinski definition) is 6. The van der Waals surface area contributed by atoms with E-state index >= 15 is 0 Å². The van der Waals surface area contributed by atoms with E-state index in [4.69, 9.17) is 14.6 Å². The molecule has 9 heteroatoms. The maximum atomic E-state index is 12.5. The van der Waals surface area contributed by atoms with Gasteiger partial charge in [0, 0.05) is 12.1 Å². The SMILES string of the molecule is Cc1nn(CC(=O)N[C@@H](C)CO)c(=O)n1-c1ccc2c(c1)OCO2. The smallest absolute Gasteiger partial charge is 0.351 e. The number of aliphatic hydroxyl groups excluding tert-OH is 1. The summed E-state index contributed by atoms with van der Waals surface area (Å²) in [6.07, 6.45) is 0. The lowest BCUT2D eigenvalue weighted by Gasteiger charge is -2.09. The van der Waals surface area contributed by atoms with Crippen molar-refractivity contribution in [2.24, 2.45) is 0 Å². The fraction of sp³-hybridized carbons (Fsp3) is 0.400. The molecule has 2 aromatic rings. The van der Waals surface area contributed by atoms with Crippen molar-refractivity contribution in [3.8, 4) is 17.2 Å². The predicted molar refractivity (Wildman–Crippen MR) is 83.4 cm³/mol. The van der Waals surface area contributed by atoms with Gasteiger partial charge in [-0.25, -0.2) is 14.0 Å². The minimum absolute atomic E-state index is 0.148. The number of nitrogens with zero attached hydrogens (tertiary/aromatic N) is 3. The Morgan fingerprint density at radius 1 is 1.42 bits per heavy atom. The van der Waals surface area contributed by atoms with E-state index in [0.29, 0.717) is 23.0 Å². The number of aliphatic hydroxyl groups is 1. The third kappa shape index (κ3) is 2.98. The van der Waals surface area contributed by atoms with Gasteiger partial charge in [0.15, 0.2) is 11.5 Å². The molecule has 9 nitrogen and oxygen atoms in total. The van der Waals surface area contributed by atoms with Crippen LogP contribution in [0.3, 0.4) is 0 Å². The van der Waals surface area contributed by atoms with Crippen LogP contribution in [-0.2, 0) is 11.3 Å². The van der Waals surface area contributed by atoms with Crippen LogP contribution in [0.5, 0.6) is 11.5 Å². The van der Waals surface area contributed by atoms with Crippen LogP contribution >= 0.6 is 0 Å². The van der Waals surface area contributed by atoms with Crippen LogP contribution in [0.1, 0.15) is 12.7 Å². The van der Waals surface area contributed by atoms with E-state index in [-0.39, 0.29) is 26.0 Å². The van der Waals surface area contributed by atoms with Gasteiger partial charge in [-0.2, -0.15) is 5.10 Å². The molecule has 128 valence electrons. The van der Waals surface area contributed by atoms with E-state index < -0.39 is 11.6 Å². The van der Waals surface area contributed by atoms with Gasteiger partial charge in [0.05, 0.1) is 12.3 Å². The van der Waals surface area contributed by atoms with E-state index in [1.54, 1.807) is 32.0 Å². The largest absolute Gasteiger partial charge is 0.454 e. The van der Waals surface area contributed by atoms with Crippen molar-refractivity contribution in [2.45, 2.75) is 26.4 Å². The minimum Gasteiger partial charge on any atom is -0.454 e. The Morgan fingerprint density at radius 2 is 2.17 bits per heavy atom. The highest BCUT2D eigenvalue weighted by molar-refractivity contribution is 5.75. The number of hydrogen-bond donors (Lipinski definition) is 2. The van der Waals surface area contributed by atoms with Gasteiger partial charge >= 0.3 is 5.69 Å². The molecule has 1 aromatic heterocycles. The number of rotatable bonds is 5. The van der Waals surface area contributed by atoms with E-state index in [1.165, 1.54) is 4.57 Å². The summed E-state index contributed by atoms with van der Waals surface area (Å²) in [4.78, 5) is 24.4. The first kappa shape index (κ1) is 16.1. The number of benzene rings is 1. The highest BCUT2D eigenvalue weighted by Gasteiger charge is 2.18. The molecule has 0 aliphatic carbocycles. The van der Waals surface area contributed by atoms with Crippen LogP contribution in [0.15, 0.2) is 23.0 Å². The number of carbonyl (C=O) groups excluding carboxylic acids is 1. The molecule has 0 spiro atoms. The Labute approximate surface area is 137 Å². The molecule has 24 heavy (non-hydrogen) atoms. The fourth-order valence-corrected chi connectivity index (χ4v) is 2.44. The zero-order chi connectivity index (χ0) is 17.3. The highest BCUT2D eigenvalue weighted by Crippen LogP contribution is 2.33. The molecule has 3 rings (SSSR count). The Balaban J connectivity index is 1.87. The van der Waals surface area contributed by atoms with Gasteiger partial charge in [0.1, 0.15) is 12.4 Å². The number of nitrogens with one attached hydrogen (secondary N) is 1. The maximum Gasteiger partial charge on any atom is 0.351 e. The van der Waals surface area contributed by atoms with Crippen molar-refractivity contribution >= 4 is 5.91 Å². The lowest BCUT2D eigenvalue weighted by atomic mass is 10.2. The topological polar surface area (TPSA) is 108 Å². The molecule has 0 unspecified atom stereocenters. The summed E-state index contributed by atoms with van der Waals surface area (Å²) in [6.45, 7) is 3.09. The fourth-order valence-electron chi connectivity index (χ4n) is 2.44. The number of ether oxygens (including phenoxy) is 2. The van der Waals surface area contributed by atoms with E-state index in [0.717, 1.165) is 4.68 Å². The number of amides is 1. The van der Waals surface area contributed by atoms with Crippen molar-refractivity contribution in [2.75, 3.05) is 13.4 Å². The van der Waals surface area contributed by atoms with Gasteiger partial charge in [-0.1, -0.05) is 0 Å².